The van der Waals surface area contributed by atoms with Gasteiger partial charge in [0.2, 0.25) is 0 Å². The summed E-state index contributed by atoms with van der Waals surface area (Å²) in [6, 6.07) is 12.1. The number of rotatable bonds is 4. The number of thiazole rings is 1. The molecule has 4 rings (SSSR count). The van der Waals surface area contributed by atoms with Crippen molar-refractivity contribution in [3.05, 3.63) is 64.0 Å². The van der Waals surface area contributed by atoms with Crippen LogP contribution in [0.15, 0.2) is 47.2 Å². The molecule has 2 N–H and O–H groups in total. The normalized spacial score (nSPS) is 14.1. The lowest BCUT2D eigenvalue weighted by molar-refractivity contribution is 0.243. The van der Waals surface area contributed by atoms with Gasteiger partial charge in [-0.1, -0.05) is 24.3 Å². The van der Waals surface area contributed by atoms with E-state index in [1.165, 1.54) is 33.8 Å². The molecule has 7 heteroatoms. The maximum Gasteiger partial charge on any atom is 0.326 e. The summed E-state index contributed by atoms with van der Waals surface area (Å²) in [5.74, 6) is 0. The fraction of sp³-hybridized carbons (Fsp3) is 0.222. The number of fused-ring (bicyclic) bond motifs is 1. The van der Waals surface area contributed by atoms with Crippen LogP contribution in [0.5, 0.6) is 0 Å². The van der Waals surface area contributed by atoms with Crippen LogP contribution >= 0.6 is 22.7 Å². The van der Waals surface area contributed by atoms with E-state index in [4.69, 9.17) is 0 Å². The second kappa shape index (κ2) is 7.35. The largest absolute Gasteiger partial charge is 0.326 e. The number of anilines is 2. The van der Waals surface area contributed by atoms with Gasteiger partial charge in [-0.2, -0.15) is 0 Å². The number of benzene rings is 1. The molecular weight excluding hydrogens is 352 g/mol. The Hall–Kier alpha value is -2.22. The maximum atomic E-state index is 12.0. The molecular formula is C18H18N4OS2. The molecule has 0 fully saturated rings. The Morgan fingerprint density at radius 2 is 2.00 bits per heavy atom. The third-order valence-corrected chi connectivity index (χ3v) is 5.72. The van der Waals surface area contributed by atoms with Gasteiger partial charge in [-0.15, -0.1) is 22.7 Å². The summed E-state index contributed by atoms with van der Waals surface area (Å²) >= 11 is 2.95. The van der Waals surface area contributed by atoms with E-state index in [1.54, 1.807) is 0 Å². The van der Waals surface area contributed by atoms with Crippen molar-refractivity contribution in [1.82, 2.24) is 9.88 Å². The van der Waals surface area contributed by atoms with Crippen LogP contribution in [0.25, 0.3) is 0 Å². The lowest BCUT2D eigenvalue weighted by Gasteiger charge is -2.27. The number of aromatic nitrogens is 1. The zero-order chi connectivity index (χ0) is 17.1. The topological polar surface area (TPSA) is 57.3 Å². The SMILES string of the molecule is O=C(Nc1cccs1)Nc1nc(CN2CCc3ccccc3C2)cs1. The van der Waals surface area contributed by atoms with Gasteiger partial charge in [-0.3, -0.25) is 15.5 Å². The Balaban J connectivity index is 1.33. The smallest absolute Gasteiger partial charge is 0.299 e. The second-order valence-electron chi connectivity index (χ2n) is 5.93. The van der Waals surface area contributed by atoms with E-state index in [0.29, 0.717) is 5.13 Å². The van der Waals surface area contributed by atoms with Crippen LogP contribution < -0.4 is 10.6 Å². The van der Waals surface area contributed by atoms with Crippen molar-refractivity contribution in [3.8, 4) is 0 Å². The van der Waals surface area contributed by atoms with Gasteiger partial charge in [0.05, 0.1) is 10.7 Å². The predicted octanol–water partition coefficient (Wildman–Crippen LogP) is 4.41. The molecule has 0 bridgehead atoms. The number of nitrogens with zero attached hydrogens (tertiary/aromatic N) is 2. The van der Waals surface area contributed by atoms with Crippen molar-refractivity contribution in [2.75, 3.05) is 17.2 Å². The van der Waals surface area contributed by atoms with Crippen molar-refractivity contribution in [3.63, 3.8) is 0 Å². The molecule has 0 unspecified atom stereocenters. The Labute approximate surface area is 154 Å². The van der Waals surface area contributed by atoms with Crippen molar-refractivity contribution >= 4 is 38.8 Å². The summed E-state index contributed by atoms with van der Waals surface area (Å²) in [5.41, 5.74) is 3.85. The summed E-state index contributed by atoms with van der Waals surface area (Å²) in [6.45, 7) is 2.80. The highest BCUT2D eigenvalue weighted by Crippen LogP contribution is 2.22. The molecule has 128 valence electrons. The average molecular weight is 371 g/mol. The molecule has 1 aliphatic rings. The van der Waals surface area contributed by atoms with Gasteiger partial charge >= 0.3 is 6.03 Å². The van der Waals surface area contributed by atoms with E-state index in [9.17, 15) is 4.79 Å². The lowest BCUT2D eigenvalue weighted by atomic mass is 10.00. The zero-order valence-corrected chi connectivity index (χ0v) is 15.2. The minimum absolute atomic E-state index is 0.254. The van der Waals surface area contributed by atoms with E-state index in [-0.39, 0.29) is 6.03 Å². The zero-order valence-electron chi connectivity index (χ0n) is 13.6. The molecule has 0 spiro atoms. The fourth-order valence-electron chi connectivity index (χ4n) is 2.95. The van der Waals surface area contributed by atoms with E-state index in [2.05, 4.69) is 44.8 Å². The van der Waals surface area contributed by atoms with Crippen LogP contribution in [0, 0.1) is 0 Å². The Morgan fingerprint density at radius 1 is 1.12 bits per heavy atom. The number of amides is 2. The summed E-state index contributed by atoms with van der Waals surface area (Å²) in [4.78, 5) is 18.9. The summed E-state index contributed by atoms with van der Waals surface area (Å²) in [6.07, 6.45) is 1.08. The Kier molecular flexibility index (Phi) is 4.78. The third kappa shape index (κ3) is 4.07. The number of urea groups is 1. The van der Waals surface area contributed by atoms with Crippen molar-refractivity contribution < 1.29 is 4.79 Å². The predicted molar refractivity (Wildman–Crippen MR) is 103 cm³/mol. The van der Waals surface area contributed by atoms with Gasteiger partial charge in [-0.25, -0.2) is 9.78 Å². The van der Waals surface area contributed by atoms with E-state index in [1.807, 2.05) is 22.9 Å². The molecule has 1 aromatic carbocycles. The molecule has 2 amide bonds. The Morgan fingerprint density at radius 3 is 2.84 bits per heavy atom. The average Bonchev–Trinajstić information content (AvgIpc) is 3.27. The van der Waals surface area contributed by atoms with Gasteiger partial charge in [0, 0.05) is 25.0 Å². The molecule has 0 radical (unpaired) electrons. The number of nitrogens with one attached hydrogen (secondary N) is 2. The van der Waals surface area contributed by atoms with Gasteiger partial charge in [-0.05, 0) is 35.1 Å². The number of thiophene rings is 1. The molecule has 3 heterocycles. The summed E-state index contributed by atoms with van der Waals surface area (Å²) in [5, 5.41) is 11.0. The molecule has 2 aromatic heterocycles. The molecule has 3 aromatic rings. The minimum Gasteiger partial charge on any atom is -0.299 e. The van der Waals surface area contributed by atoms with E-state index >= 15 is 0 Å². The molecule has 0 atom stereocenters. The molecule has 1 aliphatic heterocycles. The van der Waals surface area contributed by atoms with Crippen LogP contribution in [0.1, 0.15) is 16.8 Å². The first-order valence-electron chi connectivity index (χ1n) is 8.11. The highest BCUT2D eigenvalue weighted by molar-refractivity contribution is 7.14. The standard InChI is InChI=1S/C18H18N4OS2/c23-17(20-16-6-3-9-24-16)21-18-19-15(12-25-18)11-22-8-7-13-4-1-2-5-14(13)10-22/h1-6,9,12H,7-8,10-11H2,(H2,19,20,21,23). The number of hydrogen-bond donors (Lipinski definition) is 2. The van der Waals surface area contributed by atoms with Gasteiger partial charge in [0.15, 0.2) is 5.13 Å². The monoisotopic (exact) mass is 370 g/mol. The number of hydrogen-bond acceptors (Lipinski definition) is 5. The molecule has 0 saturated carbocycles. The first-order chi connectivity index (χ1) is 12.3. The van der Waals surface area contributed by atoms with Crippen LogP contribution in [0.3, 0.4) is 0 Å². The summed E-state index contributed by atoms with van der Waals surface area (Å²) in [7, 11) is 0. The molecule has 25 heavy (non-hydrogen) atoms. The van der Waals surface area contributed by atoms with E-state index < -0.39 is 0 Å². The van der Waals surface area contributed by atoms with Crippen LogP contribution in [-0.2, 0) is 19.5 Å². The second-order valence-corrected chi connectivity index (χ2v) is 7.74. The van der Waals surface area contributed by atoms with Crippen molar-refractivity contribution in [1.29, 1.82) is 0 Å². The summed E-state index contributed by atoms with van der Waals surface area (Å²) < 4.78 is 0. The first kappa shape index (κ1) is 16.3. The van der Waals surface area contributed by atoms with Gasteiger partial charge in [0.25, 0.3) is 0 Å². The quantitative estimate of drug-likeness (QED) is 0.715. The third-order valence-electron chi connectivity index (χ3n) is 4.13. The van der Waals surface area contributed by atoms with Crippen LogP contribution in [0.2, 0.25) is 0 Å². The molecule has 5 nitrogen and oxygen atoms in total. The number of carbonyl (C=O) groups is 1. The maximum absolute atomic E-state index is 12.0. The molecule has 0 saturated heterocycles. The van der Waals surface area contributed by atoms with Crippen LogP contribution in [-0.4, -0.2) is 22.5 Å². The van der Waals surface area contributed by atoms with Crippen LogP contribution in [0.4, 0.5) is 14.9 Å². The highest BCUT2D eigenvalue weighted by Gasteiger charge is 2.17. The lowest BCUT2D eigenvalue weighted by Crippen LogP contribution is -2.30. The van der Waals surface area contributed by atoms with Gasteiger partial charge in [0.1, 0.15) is 0 Å². The molecule has 0 aliphatic carbocycles. The highest BCUT2D eigenvalue weighted by atomic mass is 32.1. The van der Waals surface area contributed by atoms with E-state index in [0.717, 1.165) is 36.8 Å². The Bertz CT molecular complexity index is 860. The van der Waals surface area contributed by atoms with Crippen molar-refractivity contribution in [2.24, 2.45) is 0 Å². The van der Waals surface area contributed by atoms with Crippen molar-refractivity contribution in [2.45, 2.75) is 19.5 Å². The van der Waals surface area contributed by atoms with Gasteiger partial charge < -0.3 is 0 Å². The minimum atomic E-state index is -0.254. The first-order valence-corrected chi connectivity index (χ1v) is 9.87. The number of carbonyl (C=O) groups excluding carboxylic acids is 1. The fourth-order valence-corrected chi connectivity index (χ4v) is 4.25.